The van der Waals surface area contributed by atoms with Crippen molar-refractivity contribution in [3.63, 3.8) is 0 Å². The molecule has 0 saturated heterocycles. The first-order valence-corrected chi connectivity index (χ1v) is 11.1. The van der Waals surface area contributed by atoms with Crippen molar-refractivity contribution in [2.45, 2.75) is 47.6 Å². The number of aromatic nitrogens is 3. The van der Waals surface area contributed by atoms with E-state index >= 15 is 0 Å². The van der Waals surface area contributed by atoms with E-state index in [1.54, 1.807) is 11.6 Å². The minimum absolute atomic E-state index is 0.159. The predicted molar refractivity (Wildman–Crippen MR) is 130 cm³/mol. The molecule has 0 atom stereocenters. The van der Waals surface area contributed by atoms with Crippen molar-refractivity contribution in [2.75, 3.05) is 11.9 Å². The molecule has 3 rings (SSSR count). The first-order valence-electron chi connectivity index (χ1n) is 11.1. The number of rotatable bonds is 8. The van der Waals surface area contributed by atoms with Crippen molar-refractivity contribution < 1.29 is 14.3 Å². The minimum atomic E-state index is -0.841. The van der Waals surface area contributed by atoms with E-state index in [-0.39, 0.29) is 5.57 Å². The van der Waals surface area contributed by atoms with Crippen LogP contribution >= 0.6 is 0 Å². The quantitative estimate of drug-likeness (QED) is 0.305. The number of benzene rings is 1. The molecule has 8 heteroatoms. The van der Waals surface area contributed by atoms with Crippen molar-refractivity contribution in [3.05, 3.63) is 70.3 Å². The highest BCUT2D eigenvalue weighted by atomic mass is 16.5. The molecule has 0 spiro atoms. The van der Waals surface area contributed by atoms with Crippen molar-refractivity contribution in [3.8, 4) is 11.8 Å². The number of amides is 1. The van der Waals surface area contributed by atoms with Gasteiger partial charge in [-0.15, -0.1) is 0 Å². The number of nitrogens with zero attached hydrogens (tertiary/aromatic N) is 4. The Morgan fingerprint density at radius 1 is 1.15 bits per heavy atom. The van der Waals surface area contributed by atoms with Gasteiger partial charge >= 0.3 is 5.97 Å². The number of esters is 1. The van der Waals surface area contributed by atoms with E-state index in [2.05, 4.69) is 21.9 Å². The lowest BCUT2D eigenvalue weighted by atomic mass is 10.1. The molecule has 0 aliphatic heterocycles. The Morgan fingerprint density at radius 2 is 1.85 bits per heavy atom. The maximum atomic E-state index is 12.5. The zero-order chi connectivity index (χ0) is 24.8. The average molecular weight is 460 g/mol. The Morgan fingerprint density at radius 3 is 2.50 bits per heavy atom. The Balaban J connectivity index is 1.68. The number of aryl methyl sites for hydroxylation is 2. The highest BCUT2D eigenvalue weighted by Crippen LogP contribution is 2.23. The molecule has 2 aromatic heterocycles. The van der Waals surface area contributed by atoms with Gasteiger partial charge in [0.1, 0.15) is 11.6 Å². The van der Waals surface area contributed by atoms with Crippen LogP contribution in [-0.2, 0) is 20.9 Å². The second-order valence-electron chi connectivity index (χ2n) is 8.07. The van der Waals surface area contributed by atoms with Gasteiger partial charge in [0.15, 0.2) is 6.61 Å². The van der Waals surface area contributed by atoms with Crippen molar-refractivity contribution in [1.82, 2.24) is 14.3 Å². The van der Waals surface area contributed by atoms with E-state index in [4.69, 9.17) is 4.74 Å². The van der Waals surface area contributed by atoms with Crippen LogP contribution in [0.4, 0.5) is 5.69 Å². The lowest BCUT2D eigenvalue weighted by Crippen LogP contribution is -2.22. The summed E-state index contributed by atoms with van der Waals surface area (Å²) in [6, 6.07) is 13.4. The van der Waals surface area contributed by atoms with Crippen LogP contribution in [0, 0.1) is 39.0 Å². The van der Waals surface area contributed by atoms with Gasteiger partial charge in [-0.2, -0.15) is 10.4 Å². The van der Waals surface area contributed by atoms with Gasteiger partial charge in [-0.1, -0.05) is 25.1 Å². The second-order valence-corrected chi connectivity index (χ2v) is 8.07. The first kappa shape index (κ1) is 24.5. The molecule has 0 radical (unpaired) electrons. The van der Waals surface area contributed by atoms with Crippen molar-refractivity contribution in [2.24, 2.45) is 0 Å². The normalized spacial score (nSPS) is 11.2. The Bertz CT molecular complexity index is 1280. The monoisotopic (exact) mass is 459 g/mol. The maximum Gasteiger partial charge on any atom is 0.349 e. The molecule has 176 valence electrons. The van der Waals surface area contributed by atoms with Crippen LogP contribution in [0.2, 0.25) is 0 Å². The van der Waals surface area contributed by atoms with Crippen LogP contribution < -0.4 is 5.32 Å². The van der Waals surface area contributed by atoms with Crippen LogP contribution in [0.5, 0.6) is 0 Å². The maximum absolute atomic E-state index is 12.5. The lowest BCUT2D eigenvalue weighted by Gasteiger charge is -2.08. The number of anilines is 1. The standard InChI is InChI=1S/C26H29N5O3/c1-6-12-30-17(2)13-21(19(30)4)14-22(15-27)26(33)34-16-24(32)28-25-18(3)29-31(20(25)5)23-10-8-7-9-11-23/h7-11,13-14H,6,12,16H2,1-5H3,(H,28,32)/b22-14-. The summed E-state index contributed by atoms with van der Waals surface area (Å²) in [6.07, 6.45) is 2.48. The number of para-hydroxylation sites is 1. The van der Waals surface area contributed by atoms with Crippen molar-refractivity contribution in [1.29, 1.82) is 5.26 Å². The Labute approximate surface area is 199 Å². The van der Waals surface area contributed by atoms with Gasteiger partial charge < -0.3 is 14.6 Å². The fourth-order valence-electron chi connectivity index (χ4n) is 3.86. The third kappa shape index (κ3) is 5.26. The van der Waals surface area contributed by atoms with Gasteiger partial charge in [-0.05, 0) is 64.0 Å². The molecule has 0 aliphatic carbocycles. The Kier molecular flexibility index (Phi) is 7.69. The number of nitriles is 1. The van der Waals surface area contributed by atoms with E-state index in [0.29, 0.717) is 11.4 Å². The molecule has 8 nitrogen and oxygen atoms in total. The SMILES string of the molecule is CCCn1c(C)cc(/C=C(/C#N)C(=O)OCC(=O)Nc2c(C)nn(-c3ccccc3)c2C)c1C. The summed E-state index contributed by atoms with van der Waals surface area (Å²) in [7, 11) is 0. The molecule has 0 saturated carbocycles. The van der Waals surface area contributed by atoms with Crippen LogP contribution in [0.15, 0.2) is 42.0 Å². The van der Waals surface area contributed by atoms with Gasteiger partial charge in [0.2, 0.25) is 0 Å². The first-order chi connectivity index (χ1) is 16.3. The van der Waals surface area contributed by atoms with Crippen LogP contribution in [-0.4, -0.2) is 32.8 Å². The number of hydrogen-bond donors (Lipinski definition) is 1. The fourth-order valence-corrected chi connectivity index (χ4v) is 3.86. The van der Waals surface area contributed by atoms with Gasteiger partial charge in [0.25, 0.3) is 5.91 Å². The minimum Gasteiger partial charge on any atom is -0.451 e. The molecular formula is C26H29N5O3. The third-order valence-corrected chi connectivity index (χ3v) is 5.59. The summed E-state index contributed by atoms with van der Waals surface area (Å²) in [6.45, 7) is 10.0. The Hall–Kier alpha value is -4.12. The zero-order valence-electron chi connectivity index (χ0n) is 20.2. The number of ether oxygens (including phenoxy) is 1. The van der Waals surface area contributed by atoms with E-state index in [0.717, 1.165) is 41.3 Å². The smallest absolute Gasteiger partial charge is 0.349 e. The van der Waals surface area contributed by atoms with Gasteiger partial charge in [0.05, 0.1) is 22.8 Å². The molecule has 1 amide bonds. The summed E-state index contributed by atoms with van der Waals surface area (Å²) < 4.78 is 9.00. The summed E-state index contributed by atoms with van der Waals surface area (Å²) in [5.41, 5.74) is 5.47. The molecule has 34 heavy (non-hydrogen) atoms. The van der Waals surface area contributed by atoms with E-state index in [1.807, 2.05) is 63.2 Å². The molecule has 0 unspecified atom stereocenters. The molecule has 1 N–H and O–H groups in total. The number of carbonyl (C=O) groups excluding carboxylic acids is 2. The zero-order valence-corrected chi connectivity index (χ0v) is 20.2. The second kappa shape index (κ2) is 10.7. The summed E-state index contributed by atoms with van der Waals surface area (Å²) in [5, 5.41) is 16.7. The number of nitrogens with one attached hydrogen (secondary N) is 1. The van der Waals surface area contributed by atoms with E-state index in [1.165, 1.54) is 6.08 Å². The fraction of sp³-hybridized carbons (Fsp3) is 0.308. The molecule has 3 aromatic rings. The molecule has 1 aromatic carbocycles. The van der Waals surface area contributed by atoms with Crippen molar-refractivity contribution >= 4 is 23.6 Å². The van der Waals surface area contributed by atoms with Gasteiger partial charge in [-0.25, -0.2) is 9.48 Å². The molecule has 0 fully saturated rings. The summed E-state index contributed by atoms with van der Waals surface area (Å²) in [4.78, 5) is 25.0. The molecular weight excluding hydrogens is 430 g/mol. The predicted octanol–water partition coefficient (Wildman–Crippen LogP) is 4.41. The van der Waals surface area contributed by atoms with Gasteiger partial charge in [-0.3, -0.25) is 4.79 Å². The van der Waals surface area contributed by atoms with E-state index in [9.17, 15) is 14.9 Å². The topological polar surface area (TPSA) is 102 Å². The number of hydrogen-bond acceptors (Lipinski definition) is 5. The molecule has 0 bridgehead atoms. The summed E-state index contributed by atoms with van der Waals surface area (Å²) in [5.74, 6) is -1.35. The van der Waals surface area contributed by atoms with Crippen LogP contribution in [0.1, 0.15) is 41.7 Å². The van der Waals surface area contributed by atoms with Crippen LogP contribution in [0.25, 0.3) is 11.8 Å². The largest absolute Gasteiger partial charge is 0.451 e. The highest BCUT2D eigenvalue weighted by molar-refractivity contribution is 6.00. The highest BCUT2D eigenvalue weighted by Gasteiger charge is 2.18. The lowest BCUT2D eigenvalue weighted by molar-refractivity contribution is -0.142. The number of carbonyl (C=O) groups is 2. The third-order valence-electron chi connectivity index (χ3n) is 5.59. The van der Waals surface area contributed by atoms with Crippen LogP contribution in [0.3, 0.4) is 0 Å². The molecule has 0 aliphatic rings. The van der Waals surface area contributed by atoms with E-state index < -0.39 is 18.5 Å². The average Bonchev–Trinajstić information content (AvgIpc) is 3.26. The van der Waals surface area contributed by atoms with Gasteiger partial charge in [0, 0.05) is 17.9 Å². The summed E-state index contributed by atoms with van der Waals surface area (Å²) >= 11 is 0. The molecule has 2 heterocycles.